The molecule has 0 saturated carbocycles. The first-order chi connectivity index (χ1) is 8.25. The number of fused-ring (bicyclic) bond motifs is 1. The Hall–Kier alpha value is -1.75. The van der Waals surface area contributed by atoms with Crippen LogP contribution in [0.2, 0.25) is 0 Å². The highest BCUT2D eigenvalue weighted by atomic mass is 16.1. The molecule has 3 heterocycles. The number of hydrogen-bond donors (Lipinski definition) is 0. The lowest BCUT2D eigenvalue weighted by atomic mass is 10.2. The number of pyridine rings is 1. The van der Waals surface area contributed by atoms with Crippen LogP contribution >= 0.6 is 0 Å². The maximum absolute atomic E-state index is 12.3. The Morgan fingerprint density at radius 2 is 2.29 bits per heavy atom. The topological polar surface area (TPSA) is 51.0 Å². The third kappa shape index (κ3) is 1.72. The van der Waals surface area contributed by atoms with Crippen molar-refractivity contribution in [2.75, 3.05) is 20.1 Å². The average molecular weight is 230 g/mol. The summed E-state index contributed by atoms with van der Waals surface area (Å²) < 4.78 is 1.72. The van der Waals surface area contributed by atoms with Crippen LogP contribution in [0.15, 0.2) is 29.5 Å². The molecule has 0 unspecified atom stereocenters. The van der Waals surface area contributed by atoms with Crippen molar-refractivity contribution in [3.8, 4) is 0 Å². The summed E-state index contributed by atoms with van der Waals surface area (Å²) in [7, 11) is 2.07. The fourth-order valence-corrected chi connectivity index (χ4v) is 2.36. The van der Waals surface area contributed by atoms with Crippen molar-refractivity contribution in [2.45, 2.75) is 12.5 Å². The number of rotatable bonds is 1. The highest BCUT2D eigenvalue weighted by molar-refractivity contribution is 5.71. The van der Waals surface area contributed by atoms with Crippen LogP contribution in [0.3, 0.4) is 0 Å². The molecule has 0 amide bonds. The summed E-state index contributed by atoms with van der Waals surface area (Å²) in [6.45, 7) is 1.93. The van der Waals surface area contributed by atoms with E-state index in [4.69, 9.17) is 0 Å². The number of likely N-dealkylation sites (N-methyl/N-ethyl adjacent to an activating group) is 1. The van der Waals surface area contributed by atoms with Crippen molar-refractivity contribution in [2.24, 2.45) is 0 Å². The van der Waals surface area contributed by atoms with E-state index in [0.717, 1.165) is 19.5 Å². The summed E-state index contributed by atoms with van der Waals surface area (Å²) in [4.78, 5) is 22.9. The van der Waals surface area contributed by atoms with E-state index in [1.54, 1.807) is 23.2 Å². The van der Waals surface area contributed by atoms with Crippen LogP contribution < -0.4 is 5.56 Å². The number of aromatic nitrogens is 3. The third-order valence-electron chi connectivity index (χ3n) is 3.30. The quantitative estimate of drug-likeness (QED) is 0.722. The highest BCUT2D eigenvalue weighted by Gasteiger charge is 2.22. The maximum atomic E-state index is 12.3. The van der Waals surface area contributed by atoms with E-state index in [1.807, 2.05) is 6.07 Å². The molecule has 1 fully saturated rings. The zero-order chi connectivity index (χ0) is 11.8. The highest BCUT2D eigenvalue weighted by Crippen LogP contribution is 2.18. The van der Waals surface area contributed by atoms with Crippen LogP contribution in [0.5, 0.6) is 0 Å². The number of likely N-dealkylation sites (tertiary alicyclic amines) is 1. The standard InChI is InChI=1S/C12H14N4O/c1-15-6-4-9(7-15)16-8-14-10-3-2-5-13-11(10)12(16)17/h2-3,5,8-9H,4,6-7H2,1H3/t9-/m0/s1. The number of hydrogen-bond acceptors (Lipinski definition) is 4. The van der Waals surface area contributed by atoms with Crippen LogP contribution in [-0.4, -0.2) is 39.6 Å². The molecular weight excluding hydrogens is 216 g/mol. The molecule has 0 spiro atoms. The second-order valence-electron chi connectivity index (χ2n) is 4.53. The van der Waals surface area contributed by atoms with Crippen LogP contribution in [0.1, 0.15) is 12.5 Å². The van der Waals surface area contributed by atoms with Gasteiger partial charge in [-0.05, 0) is 32.1 Å². The summed E-state index contributed by atoms with van der Waals surface area (Å²) in [6, 6.07) is 3.84. The minimum Gasteiger partial charge on any atom is -0.304 e. The number of nitrogens with zero attached hydrogens (tertiary/aromatic N) is 4. The third-order valence-corrected chi connectivity index (χ3v) is 3.30. The predicted octanol–water partition coefficient (Wildman–Crippen LogP) is 0.668. The molecule has 2 aromatic rings. The van der Waals surface area contributed by atoms with Crippen molar-refractivity contribution in [1.29, 1.82) is 0 Å². The molecule has 5 heteroatoms. The Morgan fingerprint density at radius 3 is 3.06 bits per heavy atom. The molecule has 3 rings (SSSR count). The molecular formula is C12H14N4O. The van der Waals surface area contributed by atoms with E-state index in [1.165, 1.54) is 0 Å². The summed E-state index contributed by atoms with van der Waals surface area (Å²) in [6.07, 6.45) is 4.28. The van der Waals surface area contributed by atoms with Gasteiger partial charge in [-0.1, -0.05) is 0 Å². The second kappa shape index (κ2) is 3.92. The van der Waals surface area contributed by atoms with E-state index in [9.17, 15) is 4.79 Å². The zero-order valence-electron chi connectivity index (χ0n) is 9.71. The van der Waals surface area contributed by atoms with Gasteiger partial charge in [-0.25, -0.2) is 9.97 Å². The fourth-order valence-electron chi connectivity index (χ4n) is 2.36. The summed E-state index contributed by atoms with van der Waals surface area (Å²) in [5.41, 5.74) is 1.10. The van der Waals surface area contributed by atoms with Crippen LogP contribution in [0.4, 0.5) is 0 Å². The Labute approximate surface area is 98.7 Å². The molecule has 0 aliphatic carbocycles. The first kappa shape index (κ1) is 10.4. The lowest BCUT2D eigenvalue weighted by Gasteiger charge is -2.13. The first-order valence-corrected chi connectivity index (χ1v) is 5.76. The minimum absolute atomic E-state index is 0.0316. The van der Waals surface area contributed by atoms with E-state index in [0.29, 0.717) is 11.0 Å². The van der Waals surface area contributed by atoms with Crippen LogP contribution in [0, 0.1) is 0 Å². The lowest BCUT2D eigenvalue weighted by molar-refractivity contribution is 0.389. The molecule has 88 valence electrons. The van der Waals surface area contributed by atoms with Gasteiger partial charge in [0.25, 0.3) is 5.56 Å². The molecule has 0 bridgehead atoms. The summed E-state index contributed by atoms with van der Waals surface area (Å²) in [5, 5.41) is 0. The molecule has 17 heavy (non-hydrogen) atoms. The van der Waals surface area contributed by atoms with Gasteiger partial charge in [-0.15, -0.1) is 0 Å². The summed E-state index contributed by atoms with van der Waals surface area (Å²) >= 11 is 0. The predicted molar refractivity (Wildman–Crippen MR) is 64.9 cm³/mol. The molecule has 1 aliphatic rings. The van der Waals surface area contributed by atoms with Crippen molar-refractivity contribution >= 4 is 11.0 Å². The zero-order valence-corrected chi connectivity index (χ0v) is 9.71. The van der Waals surface area contributed by atoms with Gasteiger partial charge in [0, 0.05) is 12.7 Å². The minimum atomic E-state index is -0.0316. The van der Waals surface area contributed by atoms with Gasteiger partial charge in [-0.3, -0.25) is 9.36 Å². The SMILES string of the molecule is CN1CC[C@H](n2cnc3cccnc3c2=O)C1. The van der Waals surface area contributed by atoms with Crippen molar-refractivity contribution < 1.29 is 0 Å². The second-order valence-corrected chi connectivity index (χ2v) is 4.53. The molecule has 1 saturated heterocycles. The molecule has 0 radical (unpaired) electrons. The average Bonchev–Trinajstić information content (AvgIpc) is 2.77. The Morgan fingerprint density at radius 1 is 1.41 bits per heavy atom. The molecule has 5 nitrogen and oxygen atoms in total. The Balaban J connectivity index is 2.12. The smallest absolute Gasteiger partial charge is 0.280 e. The normalized spacial score (nSPS) is 21.1. The van der Waals surface area contributed by atoms with E-state index in [2.05, 4.69) is 21.9 Å². The van der Waals surface area contributed by atoms with Gasteiger partial charge in [0.15, 0.2) is 5.52 Å². The summed E-state index contributed by atoms with van der Waals surface area (Å²) in [5.74, 6) is 0. The molecule has 2 aromatic heterocycles. The van der Waals surface area contributed by atoms with Gasteiger partial charge in [0.2, 0.25) is 0 Å². The Kier molecular flexibility index (Phi) is 2.40. The van der Waals surface area contributed by atoms with Gasteiger partial charge >= 0.3 is 0 Å². The molecule has 1 atom stereocenters. The van der Waals surface area contributed by atoms with Crippen LogP contribution in [-0.2, 0) is 0 Å². The Bertz CT molecular complexity index is 607. The lowest BCUT2D eigenvalue weighted by Crippen LogP contribution is -2.27. The maximum Gasteiger partial charge on any atom is 0.280 e. The van der Waals surface area contributed by atoms with Crippen molar-refractivity contribution in [3.63, 3.8) is 0 Å². The molecule has 0 N–H and O–H groups in total. The van der Waals surface area contributed by atoms with Crippen molar-refractivity contribution in [3.05, 3.63) is 35.0 Å². The molecule has 1 aliphatic heterocycles. The van der Waals surface area contributed by atoms with E-state index < -0.39 is 0 Å². The van der Waals surface area contributed by atoms with Gasteiger partial charge in [0.05, 0.1) is 17.9 Å². The van der Waals surface area contributed by atoms with Crippen molar-refractivity contribution in [1.82, 2.24) is 19.4 Å². The largest absolute Gasteiger partial charge is 0.304 e. The van der Waals surface area contributed by atoms with Gasteiger partial charge < -0.3 is 4.90 Å². The monoisotopic (exact) mass is 230 g/mol. The van der Waals surface area contributed by atoms with Gasteiger partial charge in [-0.2, -0.15) is 0 Å². The van der Waals surface area contributed by atoms with Gasteiger partial charge in [0.1, 0.15) is 0 Å². The fraction of sp³-hybridized carbons (Fsp3) is 0.417. The van der Waals surface area contributed by atoms with Crippen LogP contribution in [0.25, 0.3) is 11.0 Å². The molecule has 0 aromatic carbocycles. The first-order valence-electron chi connectivity index (χ1n) is 5.76. The van der Waals surface area contributed by atoms with E-state index >= 15 is 0 Å². The van der Waals surface area contributed by atoms with E-state index in [-0.39, 0.29) is 11.6 Å².